The monoisotopic (exact) mass is 530 g/mol. The lowest BCUT2D eigenvalue weighted by Gasteiger charge is -2.25. The molecule has 1 amide bonds. The van der Waals surface area contributed by atoms with Crippen LogP contribution in [0.2, 0.25) is 0 Å². The predicted molar refractivity (Wildman–Crippen MR) is 146 cm³/mol. The zero-order valence-electron chi connectivity index (χ0n) is 22.7. The lowest BCUT2D eigenvalue weighted by Crippen LogP contribution is -2.38. The van der Waals surface area contributed by atoms with Crippen molar-refractivity contribution < 1.29 is 9.90 Å². The molecule has 1 aliphatic heterocycles. The van der Waals surface area contributed by atoms with Crippen molar-refractivity contribution in [3.05, 3.63) is 65.9 Å². The standard InChI is InChI=1S/C27H34N10O2/c1-27(2,3)37-17-24(33-34-37)25(39)31-23-16-36(11-12-38)10-8-18-13-19(5-6-21(18)23)22-7-9-28-26(32-22)30-20-14-29-35(4)15-20/h5-7,9,13-15,17,23,38H,8,10-12,16H2,1-4H3,(H,31,39)(H,28,30,32)/t23-/m1/s1. The largest absolute Gasteiger partial charge is 0.395 e. The molecule has 0 unspecified atom stereocenters. The normalized spacial score (nSPS) is 16.0. The van der Waals surface area contributed by atoms with Crippen LogP contribution in [0, 0.1) is 0 Å². The van der Waals surface area contributed by atoms with Crippen LogP contribution in [0.1, 0.15) is 48.4 Å². The number of rotatable bonds is 7. The highest BCUT2D eigenvalue weighted by Crippen LogP contribution is 2.29. The van der Waals surface area contributed by atoms with Gasteiger partial charge in [0.15, 0.2) is 5.69 Å². The fourth-order valence-corrected chi connectivity index (χ4v) is 4.64. The summed E-state index contributed by atoms with van der Waals surface area (Å²) in [5.74, 6) is 0.205. The number of aromatic nitrogens is 7. The quantitative estimate of drug-likeness (QED) is 0.328. The van der Waals surface area contributed by atoms with Crippen LogP contribution in [0.25, 0.3) is 11.3 Å². The molecule has 0 spiro atoms. The van der Waals surface area contributed by atoms with Crippen LogP contribution in [0.5, 0.6) is 0 Å². The molecular weight excluding hydrogens is 496 g/mol. The van der Waals surface area contributed by atoms with E-state index in [1.54, 1.807) is 28.0 Å². The van der Waals surface area contributed by atoms with Crippen molar-refractivity contribution in [3.8, 4) is 11.3 Å². The van der Waals surface area contributed by atoms with E-state index in [-0.39, 0.29) is 29.8 Å². The second kappa shape index (κ2) is 10.9. The van der Waals surface area contributed by atoms with Crippen LogP contribution >= 0.6 is 0 Å². The third-order valence-corrected chi connectivity index (χ3v) is 6.70. The van der Waals surface area contributed by atoms with Gasteiger partial charge in [-0.1, -0.05) is 17.3 Å². The van der Waals surface area contributed by atoms with Crippen molar-refractivity contribution in [2.45, 2.75) is 38.8 Å². The summed E-state index contributed by atoms with van der Waals surface area (Å²) in [6.07, 6.45) is 7.75. The molecule has 1 aliphatic rings. The van der Waals surface area contributed by atoms with Gasteiger partial charge in [-0.2, -0.15) is 5.10 Å². The number of benzene rings is 1. The summed E-state index contributed by atoms with van der Waals surface area (Å²) >= 11 is 0. The third-order valence-electron chi connectivity index (χ3n) is 6.70. The molecule has 0 saturated heterocycles. The average molecular weight is 531 g/mol. The Labute approximate surface area is 227 Å². The minimum atomic E-state index is -0.279. The first-order valence-corrected chi connectivity index (χ1v) is 13.0. The molecule has 3 aromatic heterocycles. The second-order valence-electron chi connectivity index (χ2n) is 10.7. The molecule has 5 rings (SSSR count). The number of aryl methyl sites for hydroxylation is 1. The fraction of sp³-hybridized carbons (Fsp3) is 0.407. The van der Waals surface area contributed by atoms with Gasteiger partial charge in [0.1, 0.15) is 0 Å². The van der Waals surface area contributed by atoms with Gasteiger partial charge >= 0.3 is 0 Å². The number of aliphatic hydroxyl groups is 1. The molecule has 1 aromatic carbocycles. The van der Waals surface area contributed by atoms with E-state index in [1.807, 2.05) is 46.1 Å². The van der Waals surface area contributed by atoms with Gasteiger partial charge in [-0.3, -0.25) is 14.4 Å². The number of nitrogens with zero attached hydrogens (tertiary/aromatic N) is 8. The molecular formula is C27H34N10O2. The lowest BCUT2D eigenvalue weighted by molar-refractivity contribution is 0.0917. The summed E-state index contributed by atoms with van der Waals surface area (Å²) in [5.41, 5.74) is 4.71. The summed E-state index contributed by atoms with van der Waals surface area (Å²) in [6.45, 7) is 7.94. The first kappa shape index (κ1) is 26.4. The molecule has 4 aromatic rings. The summed E-state index contributed by atoms with van der Waals surface area (Å²) in [6, 6.07) is 7.81. The van der Waals surface area contributed by atoms with Crippen LogP contribution in [0.15, 0.2) is 49.1 Å². The third kappa shape index (κ3) is 6.13. The first-order chi connectivity index (χ1) is 18.7. The van der Waals surface area contributed by atoms with Gasteiger partial charge in [-0.25, -0.2) is 14.6 Å². The maximum absolute atomic E-state index is 13.2. The Hall–Kier alpha value is -4.16. The van der Waals surface area contributed by atoms with E-state index >= 15 is 0 Å². The van der Waals surface area contributed by atoms with Crippen molar-refractivity contribution >= 4 is 17.5 Å². The van der Waals surface area contributed by atoms with Crippen molar-refractivity contribution in [1.29, 1.82) is 0 Å². The van der Waals surface area contributed by atoms with Gasteiger partial charge in [0.2, 0.25) is 5.95 Å². The summed E-state index contributed by atoms with van der Waals surface area (Å²) < 4.78 is 3.40. The van der Waals surface area contributed by atoms with Gasteiger partial charge in [0.25, 0.3) is 5.91 Å². The molecule has 1 atom stereocenters. The Morgan fingerprint density at radius 1 is 1.21 bits per heavy atom. The maximum atomic E-state index is 13.2. The Balaban J connectivity index is 1.41. The van der Waals surface area contributed by atoms with Gasteiger partial charge in [0, 0.05) is 44.6 Å². The van der Waals surface area contributed by atoms with E-state index in [0.29, 0.717) is 19.0 Å². The van der Waals surface area contributed by atoms with Crippen LogP contribution in [0.4, 0.5) is 11.6 Å². The van der Waals surface area contributed by atoms with Crippen LogP contribution in [0.3, 0.4) is 0 Å². The molecule has 0 saturated carbocycles. The van der Waals surface area contributed by atoms with Crippen molar-refractivity contribution in [1.82, 2.24) is 45.0 Å². The zero-order chi connectivity index (χ0) is 27.6. The zero-order valence-corrected chi connectivity index (χ0v) is 22.7. The average Bonchev–Trinajstić information content (AvgIpc) is 3.53. The Bertz CT molecular complexity index is 1450. The van der Waals surface area contributed by atoms with Crippen LogP contribution < -0.4 is 10.6 Å². The number of carbonyl (C=O) groups excluding carboxylic acids is 1. The van der Waals surface area contributed by atoms with Crippen molar-refractivity contribution in [2.24, 2.45) is 7.05 Å². The lowest BCUT2D eigenvalue weighted by atomic mass is 9.96. The number of aliphatic hydroxyl groups excluding tert-OH is 1. The number of hydrogen-bond donors (Lipinski definition) is 3. The Kier molecular flexibility index (Phi) is 7.40. The highest BCUT2D eigenvalue weighted by molar-refractivity contribution is 5.92. The van der Waals surface area contributed by atoms with Crippen LogP contribution in [-0.2, 0) is 19.0 Å². The molecule has 0 fully saturated rings. The van der Waals surface area contributed by atoms with Gasteiger partial charge in [-0.15, -0.1) is 5.10 Å². The van der Waals surface area contributed by atoms with E-state index in [0.717, 1.165) is 41.0 Å². The van der Waals surface area contributed by atoms with E-state index in [1.165, 1.54) is 0 Å². The number of hydrogen-bond acceptors (Lipinski definition) is 9. The molecule has 12 heteroatoms. The Morgan fingerprint density at radius 2 is 2.05 bits per heavy atom. The minimum absolute atomic E-state index is 0.0514. The van der Waals surface area contributed by atoms with Gasteiger partial charge in [0.05, 0.1) is 42.0 Å². The predicted octanol–water partition coefficient (Wildman–Crippen LogP) is 2.29. The number of β-amino-alcohol motifs (C(OH)–C–C–N with tert-alkyl or cyclic N) is 1. The second-order valence-corrected chi connectivity index (χ2v) is 10.7. The number of carbonyl (C=O) groups is 1. The van der Waals surface area contributed by atoms with Crippen LogP contribution in [-0.4, -0.2) is 76.9 Å². The van der Waals surface area contributed by atoms with E-state index in [9.17, 15) is 9.90 Å². The van der Waals surface area contributed by atoms with E-state index in [4.69, 9.17) is 4.98 Å². The van der Waals surface area contributed by atoms with Gasteiger partial charge < -0.3 is 15.7 Å². The van der Waals surface area contributed by atoms with Gasteiger partial charge in [-0.05, 0) is 50.5 Å². The Morgan fingerprint density at radius 3 is 2.77 bits per heavy atom. The molecule has 204 valence electrons. The summed E-state index contributed by atoms with van der Waals surface area (Å²) in [5, 5.41) is 28.3. The highest BCUT2D eigenvalue weighted by Gasteiger charge is 2.27. The summed E-state index contributed by atoms with van der Waals surface area (Å²) in [4.78, 5) is 24.4. The number of amides is 1. The fourth-order valence-electron chi connectivity index (χ4n) is 4.64. The SMILES string of the molecule is Cn1cc(Nc2nccc(-c3ccc4c(c3)CCN(CCO)C[C@H]4NC(=O)c3cn(C(C)(C)C)nn3)n2)cn1. The maximum Gasteiger partial charge on any atom is 0.273 e. The molecule has 0 aliphatic carbocycles. The molecule has 0 bridgehead atoms. The number of fused-ring (bicyclic) bond motifs is 1. The molecule has 12 nitrogen and oxygen atoms in total. The molecule has 39 heavy (non-hydrogen) atoms. The first-order valence-electron chi connectivity index (χ1n) is 13.0. The van der Waals surface area contributed by atoms with E-state index in [2.05, 4.69) is 48.1 Å². The summed E-state index contributed by atoms with van der Waals surface area (Å²) in [7, 11) is 1.85. The smallest absolute Gasteiger partial charge is 0.273 e. The minimum Gasteiger partial charge on any atom is -0.395 e. The molecule has 4 heterocycles. The topological polar surface area (TPSA) is 139 Å². The number of anilines is 2. The van der Waals surface area contributed by atoms with E-state index < -0.39 is 0 Å². The number of nitrogens with one attached hydrogen (secondary N) is 2. The van der Waals surface area contributed by atoms with Crippen molar-refractivity contribution in [2.75, 3.05) is 31.6 Å². The molecule has 0 radical (unpaired) electrons. The highest BCUT2D eigenvalue weighted by atomic mass is 16.3. The van der Waals surface area contributed by atoms with Crippen molar-refractivity contribution in [3.63, 3.8) is 0 Å². The molecule has 3 N–H and O–H groups in total.